The van der Waals surface area contributed by atoms with E-state index in [-0.39, 0.29) is 6.10 Å². The van der Waals surface area contributed by atoms with E-state index in [4.69, 9.17) is 4.74 Å². The molecule has 19 heavy (non-hydrogen) atoms. The second-order valence-electron chi connectivity index (χ2n) is 5.16. The molecule has 1 heterocycles. The van der Waals surface area contributed by atoms with Crippen LogP contribution in [0.25, 0.3) is 10.9 Å². The molecular weight excluding hydrogens is 238 g/mol. The van der Waals surface area contributed by atoms with Crippen LogP contribution in [0.5, 0.6) is 0 Å². The molecule has 1 atom stereocenters. The fourth-order valence-electron chi connectivity index (χ4n) is 2.23. The highest BCUT2D eigenvalue weighted by molar-refractivity contribution is 5.81. The number of benzene rings is 1. The number of nitrogens with one attached hydrogen (secondary N) is 1. The van der Waals surface area contributed by atoms with Gasteiger partial charge in [-0.3, -0.25) is 4.68 Å². The Morgan fingerprint density at radius 2 is 2.05 bits per heavy atom. The molecule has 4 heteroatoms. The van der Waals surface area contributed by atoms with E-state index in [1.165, 1.54) is 10.9 Å². The maximum absolute atomic E-state index is 5.69. The van der Waals surface area contributed by atoms with Crippen LogP contribution in [0, 0.1) is 0 Å². The normalized spacial score (nSPS) is 13.3. The number of rotatable bonds is 6. The van der Waals surface area contributed by atoms with Crippen LogP contribution in [0.3, 0.4) is 0 Å². The molecule has 0 amide bonds. The van der Waals surface area contributed by atoms with Gasteiger partial charge in [0.2, 0.25) is 0 Å². The van der Waals surface area contributed by atoms with Crippen LogP contribution in [0.15, 0.2) is 24.3 Å². The van der Waals surface area contributed by atoms with Crippen molar-refractivity contribution in [3.8, 4) is 0 Å². The van der Waals surface area contributed by atoms with E-state index < -0.39 is 0 Å². The Bertz CT molecular complexity index is 533. The van der Waals surface area contributed by atoms with Gasteiger partial charge in [0.15, 0.2) is 0 Å². The molecule has 4 nitrogen and oxygen atoms in total. The molecule has 0 bridgehead atoms. The van der Waals surface area contributed by atoms with Crippen LogP contribution in [0.2, 0.25) is 0 Å². The van der Waals surface area contributed by atoms with E-state index in [9.17, 15) is 0 Å². The number of aromatic nitrogens is 2. The summed E-state index contributed by atoms with van der Waals surface area (Å²) in [6, 6.07) is 8.64. The molecule has 1 aromatic heterocycles. The summed E-state index contributed by atoms with van der Waals surface area (Å²) in [6.07, 6.45) is 1.14. The third-order valence-electron chi connectivity index (χ3n) is 3.31. The second kappa shape index (κ2) is 6.17. The quantitative estimate of drug-likeness (QED) is 0.866. The zero-order chi connectivity index (χ0) is 13.8. The van der Waals surface area contributed by atoms with Gasteiger partial charge in [-0.05, 0) is 27.0 Å². The number of hydrogen-bond donors (Lipinski definition) is 1. The van der Waals surface area contributed by atoms with Gasteiger partial charge >= 0.3 is 0 Å². The van der Waals surface area contributed by atoms with Gasteiger partial charge in [-0.1, -0.05) is 18.2 Å². The molecule has 2 aromatic rings. The minimum absolute atomic E-state index is 0.260. The van der Waals surface area contributed by atoms with E-state index in [2.05, 4.69) is 42.5 Å². The Labute approximate surface area is 114 Å². The molecule has 0 aliphatic carbocycles. The van der Waals surface area contributed by atoms with Crippen molar-refractivity contribution >= 4 is 10.9 Å². The molecule has 104 valence electrons. The van der Waals surface area contributed by atoms with Crippen LogP contribution in [0.4, 0.5) is 0 Å². The summed E-state index contributed by atoms with van der Waals surface area (Å²) >= 11 is 0. The highest BCUT2D eigenvalue weighted by Gasteiger charge is 2.14. The second-order valence-corrected chi connectivity index (χ2v) is 5.16. The largest absolute Gasteiger partial charge is 0.377 e. The number of fused-ring (bicyclic) bond motifs is 1. The summed E-state index contributed by atoms with van der Waals surface area (Å²) in [6.45, 7) is 4.82. The van der Waals surface area contributed by atoms with Gasteiger partial charge in [0.05, 0.1) is 23.9 Å². The Balaban J connectivity index is 2.15. The zero-order valence-electron chi connectivity index (χ0n) is 12.2. The van der Waals surface area contributed by atoms with Gasteiger partial charge in [-0.25, -0.2) is 0 Å². The van der Waals surface area contributed by atoms with Gasteiger partial charge in [0, 0.05) is 24.9 Å². The van der Waals surface area contributed by atoms with Crippen molar-refractivity contribution in [2.45, 2.75) is 32.4 Å². The fraction of sp³-hybridized carbons (Fsp3) is 0.533. The van der Waals surface area contributed by atoms with Crippen molar-refractivity contribution in [1.29, 1.82) is 0 Å². The summed E-state index contributed by atoms with van der Waals surface area (Å²) < 4.78 is 7.63. The monoisotopic (exact) mass is 261 g/mol. The molecule has 0 spiro atoms. The average Bonchev–Trinajstić information content (AvgIpc) is 2.72. The minimum atomic E-state index is 0.260. The lowest BCUT2D eigenvalue weighted by atomic mass is 10.1. The van der Waals surface area contributed by atoms with Crippen LogP contribution in [0.1, 0.15) is 19.5 Å². The topological polar surface area (TPSA) is 39.1 Å². The molecule has 0 radical (unpaired) electrons. The maximum Gasteiger partial charge on any atom is 0.0719 e. The molecule has 0 saturated heterocycles. The molecule has 1 N–H and O–H groups in total. The first-order valence-electron chi connectivity index (χ1n) is 6.81. The third-order valence-corrected chi connectivity index (χ3v) is 3.31. The van der Waals surface area contributed by atoms with Gasteiger partial charge in [-0.2, -0.15) is 5.10 Å². The Kier molecular flexibility index (Phi) is 4.56. The van der Waals surface area contributed by atoms with E-state index >= 15 is 0 Å². The number of hydrogen-bond acceptors (Lipinski definition) is 3. The first-order chi connectivity index (χ1) is 9.11. The summed E-state index contributed by atoms with van der Waals surface area (Å²) in [5, 5.41) is 9.16. The summed E-state index contributed by atoms with van der Waals surface area (Å²) in [7, 11) is 3.96. The van der Waals surface area contributed by atoms with Crippen molar-refractivity contribution in [2.24, 2.45) is 7.05 Å². The lowest BCUT2D eigenvalue weighted by Crippen LogP contribution is -2.33. The smallest absolute Gasteiger partial charge is 0.0719 e. The van der Waals surface area contributed by atoms with Crippen molar-refractivity contribution in [3.63, 3.8) is 0 Å². The number of nitrogens with zero attached hydrogens (tertiary/aromatic N) is 2. The Morgan fingerprint density at radius 3 is 2.74 bits per heavy atom. The van der Waals surface area contributed by atoms with Crippen molar-refractivity contribution < 1.29 is 4.74 Å². The minimum Gasteiger partial charge on any atom is -0.377 e. The molecule has 1 aromatic carbocycles. The molecule has 2 rings (SSSR count). The van der Waals surface area contributed by atoms with Gasteiger partial charge in [0.25, 0.3) is 0 Å². The number of ether oxygens (including phenoxy) is 1. The van der Waals surface area contributed by atoms with Gasteiger partial charge in [0.1, 0.15) is 0 Å². The Morgan fingerprint density at radius 1 is 1.32 bits per heavy atom. The number of para-hydroxylation sites is 1. The van der Waals surface area contributed by atoms with Crippen molar-refractivity contribution in [3.05, 3.63) is 30.0 Å². The predicted octanol–water partition coefficient (Wildman–Crippen LogP) is 2.13. The van der Waals surface area contributed by atoms with Gasteiger partial charge in [-0.15, -0.1) is 0 Å². The highest BCUT2D eigenvalue weighted by Crippen LogP contribution is 2.18. The van der Waals surface area contributed by atoms with Crippen molar-refractivity contribution in [1.82, 2.24) is 15.1 Å². The van der Waals surface area contributed by atoms with E-state index in [1.807, 2.05) is 24.8 Å². The van der Waals surface area contributed by atoms with Crippen molar-refractivity contribution in [2.75, 3.05) is 13.7 Å². The molecule has 0 aliphatic heterocycles. The van der Waals surface area contributed by atoms with Gasteiger partial charge < -0.3 is 10.1 Å². The third kappa shape index (κ3) is 3.33. The summed E-state index contributed by atoms with van der Waals surface area (Å²) in [4.78, 5) is 0. The Hall–Kier alpha value is -1.39. The van der Waals surface area contributed by atoms with Crippen LogP contribution >= 0.6 is 0 Å². The summed E-state index contributed by atoms with van der Waals surface area (Å²) in [5.74, 6) is 0. The number of aryl methyl sites for hydroxylation is 1. The van der Waals surface area contributed by atoms with Crippen LogP contribution in [-0.4, -0.2) is 35.6 Å². The fourth-order valence-corrected chi connectivity index (χ4v) is 2.23. The standard InChI is InChI=1S/C15H23N3O/c1-11(2)19-10-12(16-3)9-14-13-7-5-6-8-15(13)18(4)17-14/h5-8,11-12,16H,9-10H2,1-4H3. The van der Waals surface area contributed by atoms with E-state index in [0.717, 1.165) is 12.1 Å². The van der Waals surface area contributed by atoms with Crippen LogP contribution < -0.4 is 5.32 Å². The SMILES string of the molecule is CNC(COC(C)C)Cc1nn(C)c2ccccc12. The molecule has 0 fully saturated rings. The average molecular weight is 261 g/mol. The maximum atomic E-state index is 5.69. The first kappa shape index (κ1) is 14.0. The van der Waals surface area contributed by atoms with E-state index in [0.29, 0.717) is 12.6 Å². The lowest BCUT2D eigenvalue weighted by Gasteiger charge is -2.17. The van der Waals surface area contributed by atoms with E-state index in [1.54, 1.807) is 0 Å². The lowest BCUT2D eigenvalue weighted by molar-refractivity contribution is 0.0626. The molecular formula is C15H23N3O. The number of likely N-dealkylation sites (N-methyl/N-ethyl adjacent to an activating group) is 1. The summed E-state index contributed by atoms with van der Waals surface area (Å²) in [5.41, 5.74) is 2.31. The molecule has 0 saturated carbocycles. The predicted molar refractivity (Wildman–Crippen MR) is 78.4 cm³/mol. The molecule has 0 aliphatic rings. The highest BCUT2D eigenvalue weighted by atomic mass is 16.5. The molecule has 1 unspecified atom stereocenters. The zero-order valence-corrected chi connectivity index (χ0v) is 12.2. The van der Waals surface area contributed by atoms with Crippen LogP contribution in [-0.2, 0) is 18.2 Å². The first-order valence-corrected chi connectivity index (χ1v) is 6.81.